The molecule has 1 aromatic heterocycles. The number of hydrogen-bond donors (Lipinski definition) is 2. The number of carbonyl (C=O) groups is 2. The van der Waals surface area contributed by atoms with Crippen molar-refractivity contribution in [2.24, 2.45) is 5.73 Å². The number of amides is 2. The number of ether oxygens (including phenoxy) is 2. The summed E-state index contributed by atoms with van der Waals surface area (Å²) in [6.45, 7) is 2.09. The fraction of sp³-hybridized carbons (Fsp3) is 0.158. The summed E-state index contributed by atoms with van der Waals surface area (Å²) in [5.41, 5.74) is 5.40. The Balaban J connectivity index is 1.98. The highest BCUT2D eigenvalue weighted by Gasteiger charge is 2.31. The molecule has 1 heterocycles. The lowest BCUT2D eigenvalue weighted by Gasteiger charge is -2.10. The van der Waals surface area contributed by atoms with Crippen molar-refractivity contribution in [3.8, 4) is 11.5 Å². The van der Waals surface area contributed by atoms with Crippen molar-refractivity contribution in [3.05, 3.63) is 53.8 Å². The SMILES string of the molecule is CCOc1cccc2c(NC(=O)c3cccc(OC(F)(F)F)c3)c(C(N)=O)oc12. The van der Waals surface area contributed by atoms with Crippen LogP contribution in [0.4, 0.5) is 18.9 Å². The number of fused-ring (bicyclic) bond motifs is 1. The van der Waals surface area contributed by atoms with E-state index in [0.717, 1.165) is 12.1 Å². The second-order valence-electron chi connectivity index (χ2n) is 5.77. The van der Waals surface area contributed by atoms with Gasteiger partial charge < -0.3 is 24.9 Å². The van der Waals surface area contributed by atoms with E-state index in [1.54, 1.807) is 25.1 Å². The van der Waals surface area contributed by atoms with Crippen LogP contribution in [0.15, 0.2) is 46.9 Å². The second kappa shape index (κ2) is 7.74. The number of hydrogen-bond acceptors (Lipinski definition) is 5. The van der Waals surface area contributed by atoms with Crippen LogP contribution in [-0.2, 0) is 0 Å². The quantitative estimate of drug-likeness (QED) is 0.640. The lowest BCUT2D eigenvalue weighted by atomic mass is 10.1. The summed E-state index contributed by atoms with van der Waals surface area (Å²) in [6, 6.07) is 9.31. The Hall–Kier alpha value is -3.69. The first-order valence-corrected chi connectivity index (χ1v) is 8.35. The molecule has 0 saturated carbocycles. The zero-order valence-electron chi connectivity index (χ0n) is 15.0. The molecular weight excluding hydrogens is 393 g/mol. The fourth-order valence-corrected chi connectivity index (χ4v) is 2.68. The van der Waals surface area contributed by atoms with Gasteiger partial charge in [0, 0.05) is 10.9 Å². The number of anilines is 1. The van der Waals surface area contributed by atoms with E-state index >= 15 is 0 Å². The van der Waals surface area contributed by atoms with Crippen LogP contribution >= 0.6 is 0 Å². The monoisotopic (exact) mass is 408 g/mol. The molecule has 2 amide bonds. The van der Waals surface area contributed by atoms with E-state index < -0.39 is 23.9 Å². The topological polar surface area (TPSA) is 104 Å². The van der Waals surface area contributed by atoms with Crippen molar-refractivity contribution in [2.75, 3.05) is 11.9 Å². The van der Waals surface area contributed by atoms with E-state index in [-0.39, 0.29) is 22.6 Å². The summed E-state index contributed by atoms with van der Waals surface area (Å²) in [5, 5.41) is 2.81. The van der Waals surface area contributed by atoms with Crippen LogP contribution in [0, 0.1) is 0 Å². The predicted octanol–water partition coefficient (Wildman–Crippen LogP) is 4.08. The molecule has 0 radical (unpaired) electrons. The maximum absolute atomic E-state index is 12.6. The molecule has 2 aromatic carbocycles. The van der Waals surface area contributed by atoms with Gasteiger partial charge in [-0.15, -0.1) is 13.2 Å². The number of nitrogens with two attached hydrogens (primary N) is 1. The number of carbonyl (C=O) groups excluding carboxylic acids is 2. The number of para-hydroxylation sites is 1. The summed E-state index contributed by atoms with van der Waals surface area (Å²) in [5.74, 6) is -2.26. The summed E-state index contributed by atoms with van der Waals surface area (Å²) in [7, 11) is 0. The Morgan fingerprint density at radius 1 is 1.17 bits per heavy atom. The van der Waals surface area contributed by atoms with Gasteiger partial charge >= 0.3 is 6.36 Å². The number of alkyl halides is 3. The van der Waals surface area contributed by atoms with E-state index in [1.807, 2.05) is 0 Å². The Bertz CT molecular complexity index is 1080. The Labute approximate surface area is 162 Å². The predicted molar refractivity (Wildman–Crippen MR) is 97.0 cm³/mol. The molecule has 0 unspecified atom stereocenters. The molecule has 3 N–H and O–H groups in total. The lowest BCUT2D eigenvalue weighted by molar-refractivity contribution is -0.274. The molecule has 0 saturated heterocycles. The Morgan fingerprint density at radius 2 is 1.90 bits per heavy atom. The number of benzene rings is 2. The largest absolute Gasteiger partial charge is 0.573 e. The van der Waals surface area contributed by atoms with Crippen LogP contribution in [0.1, 0.15) is 27.8 Å². The molecule has 7 nitrogen and oxygen atoms in total. The van der Waals surface area contributed by atoms with E-state index in [1.165, 1.54) is 12.1 Å². The van der Waals surface area contributed by atoms with Gasteiger partial charge in [0.15, 0.2) is 11.3 Å². The highest BCUT2D eigenvalue weighted by Crippen LogP contribution is 2.36. The minimum atomic E-state index is -4.90. The first-order valence-electron chi connectivity index (χ1n) is 8.35. The molecule has 0 aliphatic heterocycles. The summed E-state index contributed by atoms with van der Waals surface area (Å²) in [4.78, 5) is 24.4. The minimum Gasteiger partial charge on any atom is -0.490 e. The van der Waals surface area contributed by atoms with Crippen LogP contribution in [0.25, 0.3) is 11.0 Å². The maximum atomic E-state index is 12.6. The molecule has 29 heavy (non-hydrogen) atoms. The third-order valence-electron chi connectivity index (χ3n) is 3.77. The number of primary amides is 1. The summed E-state index contributed by atoms with van der Waals surface area (Å²) < 4.78 is 51.9. The van der Waals surface area contributed by atoms with Gasteiger partial charge in [0.05, 0.1) is 6.61 Å². The van der Waals surface area contributed by atoms with Crippen molar-refractivity contribution in [3.63, 3.8) is 0 Å². The van der Waals surface area contributed by atoms with Gasteiger partial charge in [-0.3, -0.25) is 9.59 Å². The molecule has 0 fully saturated rings. The first kappa shape index (κ1) is 20.1. The van der Waals surface area contributed by atoms with Crippen molar-refractivity contribution in [2.45, 2.75) is 13.3 Å². The number of rotatable bonds is 6. The van der Waals surface area contributed by atoms with Crippen LogP contribution in [0.5, 0.6) is 11.5 Å². The molecule has 0 aliphatic carbocycles. The zero-order valence-corrected chi connectivity index (χ0v) is 15.0. The first-order chi connectivity index (χ1) is 13.7. The van der Waals surface area contributed by atoms with Gasteiger partial charge in [-0.25, -0.2) is 0 Å². The number of furan rings is 1. The van der Waals surface area contributed by atoms with E-state index in [2.05, 4.69) is 10.1 Å². The Kier molecular flexibility index (Phi) is 5.35. The fourth-order valence-electron chi connectivity index (χ4n) is 2.68. The van der Waals surface area contributed by atoms with Gasteiger partial charge in [-0.1, -0.05) is 12.1 Å². The standard InChI is InChI=1S/C19H15F3N2O5/c1-2-27-13-8-4-7-12-14(16(17(23)25)28-15(12)13)24-18(26)10-5-3-6-11(9-10)29-19(20,21)22/h3-9H,2H2,1H3,(H2,23,25)(H,24,26). The molecule has 0 bridgehead atoms. The maximum Gasteiger partial charge on any atom is 0.573 e. The molecule has 0 spiro atoms. The number of nitrogens with one attached hydrogen (secondary N) is 1. The van der Waals surface area contributed by atoms with Crippen LogP contribution < -0.4 is 20.5 Å². The van der Waals surface area contributed by atoms with Crippen molar-refractivity contribution in [1.82, 2.24) is 0 Å². The van der Waals surface area contributed by atoms with Gasteiger partial charge in [-0.2, -0.15) is 0 Å². The van der Waals surface area contributed by atoms with Gasteiger partial charge in [0.2, 0.25) is 5.76 Å². The van der Waals surface area contributed by atoms with Crippen LogP contribution in [0.3, 0.4) is 0 Å². The average Bonchev–Trinajstić information content (AvgIpc) is 3.01. The molecule has 152 valence electrons. The molecule has 10 heteroatoms. The Morgan fingerprint density at radius 3 is 2.55 bits per heavy atom. The molecule has 0 atom stereocenters. The van der Waals surface area contributed by atoms with Crippen molar-refractivity contribution < 1.29 is 36.7 Å². The normalized spacial score (nSPS) is 11.3. The van der Waals surface area contributed by atoms with Crippen LogP contribution in [-0.4, -0.2) is 24.8 Å². The van der Waals surface area contributed by atoms with E-state index in [4.69, 9.17) is 14.9 Å². The van der Waals surface area contributed by atoms with E-state index in [9.17, 15) is 22.8 Å². The van der Waals surface area contributed by atoms with Crippen molar-refractivity contribution >= 4 is 28.5 Å². The highest BCUT2D eigenvalue weighted by molar-refractivity contribution is 6.14. The summed E-state index contributed by atoms with van der Waals surface area (Å²) in [6.07, 6.45) is -4.90. The van der Waals surface area contributed by atoms with Gasteiger partial charge in [0.1, 0.15) is 11.4 Å². The minimum absolute atomic E-state index is 0.0128. The van der Waals surface area contributed by atoms with E-state index in [0.29, 0.717) is 17.7 Å². The summed E-state index contributed by atoms with van der Waals surface area (Å²) >= 11 is 0. The smallest absolute Gasteiger partial charge is 0.490 e. The average molecular weight is 408 g/mol. The zero-order chi connectivity index (χ0) is 21.2. The molecule has 3 aromatic rings. The molecular formula is C19H15F3N2O5. The second-order valence-corrected chi connectivity index (χ2v) is 5.77. The number of halogens is 3. The molecule has 3 rings (SSSR count). The molecule has 0 aliphatic rings. The van der Waals surface area contributed by atoms with Gasteiger partial charge in [0.25, 0.3) is 11.8 Å². The van der Waals surface area contributed by atoms with Gasteiger partial charge in [-0.05, 0) is 37.3 Å². The van der Waals surface area contributed by atoms with Crippen molar-refractivity contribution in [1.29, 1.82) is 0 Å². The lowest BCUT2D eigenvalue weighted by Crippen LogP contribution is -2.19. The third-order valence-corrected chi connectivity index (χ3v) is 3.77. The highest BCUT2D eigenvalue weighted by atomic mass is 19.4. The third kappa shape index (κ3) is 4.42. The van der Waals surface area contributed by atoms with Crippen LogP contribution in [0.2, 0.25) is 0 Å².